The van der Waals surface area contributed by atoms with E-state index in [2.05, 4.69) is 11.7 Å². The number of ether oxygens (including phenoxy) is 1. The molecule has 1 aromatic carbocycles. The minimum Gasteiger partial charge on any atom is -0.465 e. The maximum atomic E-state index is 11.3. The van der Waals surface area contributed by atoms with Gasteiger partial charge in [0.05, 0.1) is 19.3 Å². The zero-order valence-electron chi connectivity index (χ0n) is 9.12. The molecule has 0 radical (unpaired) electrons. The van der Waals surface area contributed by atoms with Gasteiger partial charge in [0.25, 0.3) is 0 Å². The van der Waals surface area contributed by atoms with Gasteiger partial charge in [0, 0.05) is 0 Å². The van der Waals surface area contributed by atoms with Gasteiger partial charge in [-0.25, -0.2) is 4.79 Å². The van der Waals surface area contributed by atoms with Gasteiger partial charge in [-0.3, -0.25) is 0 Å². The maximum Gasteiger partial charge on any atom is 0.337 e. The van der Waals surface area contributed by atoms with E-state index in [0.29, 0.717) is 5.56 Å². The van der Waals surface area contributed by atoms with Crippen LogP contribution in [-0.4, -0.2) is 18.2 Å². The molecule has 15 heavy (non-hydrogen) atoms. The monoisotopic (exact) mass is 208 g/mol. The van der Waals surface area contributed by atoms with E-state index in [1.54, 1.807) is 18.2 Å². The van der Waals surface area contributed by atoms with Gasteiger partial charge >= 0.3 is 5.97 Å². The van der Waals surface area contributed by atoms with E-state index in [1.165, 1.54) is 7.11 Å². The van der Waals surface area contributed by atoms with Gasteiger partial charge in [-0.1, -0.05) is 19.4 Å². The summed E-state index contributed by atoms with van der Waals surface area (Å²) in [4.78, 5) is 11.3. The van der Waals surface area contributed by atoms with Crippen LogP contribution >= 0.6 is 0 Å². The van der Waals surface area contributed by atoms with Crippen LogP contribution in [-0.2, 0) is 17.8 Å². The Labute approximate surface area is 89.7 Å². The molecule has 1 aromatic rings. The third kappa shape index (κ3) is 2.80. The molecule has 82 valence electrons. The first-order chi connectivity index (χ1) is 7.22. The lowest BCUT2D eigenvalue weighted by atomic mass is 10.0. The first-order valence-corrected chi connectivity index (χ1v) is 5.03. The molecule has 0 bridgehead atoms. The van der Waals surface area contributed by atoms with Crippen molar-refractivity contribution < 1.29 is 14.6 Å². The van der Waals surface area contributed by atoms with Crippen LogP contribution in [0.2, 0.25) is 0 Å². The fraction of sp³-hybridized carbons (Fsp3) is 0.417. The first-order valence-electron chi connectivity index (χ1n) is 5.03. The minimum atomic E-state index is -0.336. The number of carbonyl (C=O) groups excluding carboxylic acids is 1. The predicted octanol–water partition coefficient (Wildman–Crippen LogP) is 1.92. The van der Waals surface area contributed by atoms with Gasteiger partial charge in [-0.15, -0.1) is 0 Å². The van der Waals surface area contributed by atoms with E-state index in [1.807, 2.05) is 0 Å². The zero-order chi connectivity index (χ0) is 11.3. The van der Waals surface area contributed by atoms with Gasteiger partial charge in [0.1, 0.15) is 0 Å². The smallest absolute Gasteiger partial charge is 0.337 e. The molecule has 0 aliphatic rings. The van der Waals surface area contributed by atoms with Crippen molar-refractivity contribution in [2.75, 3.05) is 7.11 Å². The van der Waals surface area contributed by atoms with Gasteiger partial charge in [0.2, 0.25) is 0 Å². The molecule has 0 aliphatic carbocycles. The number of carbonyl (C=O) groups is 1. The van der Waals surface area contributed by atoms with Crippen LogP contribution in [0.15, 0.2) is 18.2 Å². The summed E-state index contributed by atoms with van der Waals surface area (Å²) in [5, 5.41) is 9.12. The van der Waals surface area contributed by atoms with E-state index < -0.39 is 0 Å². The molecule has 1 N–H and O–H groups in total. The molecule has 1 rings (SSSR count). The number of aliphatic hydroxyl groups is 1. The third-order valence-electron chi connectivity index (χ3n) is 2.32. The van der Waals surface area contributed by atoms with Crippen LogP contribution in [0.25, 0.3) is 0 Å². The SMILES string of the molecule is CCCc1cc(C(=O)OC)ccc1CO. The van der Waals surface area contributed by atoms with Crippen molar-refractivity contribution in [2.45, 2.75) is 26.4 Å². The van der Waals surface area contributed by atoms with Crippen LogP contribution < -0.4 is 0 Å². The summed E-state index contributed by atoms with van der Waals surface area (Å²) in [6, 6.07) is 5.24. The number of esters is 1. The van der Waals surface area contributed by atoms with Crippen molar-refractivity contribution in [3.05, 3.63) is 34.9 Å². The molecule has 0 amide bonds. The Morgan fingerprint density at radius 1 is 1.40 bits per heavy atom. The molecule has 0 saturated heterocycles. The van der Waals surface area contributed by atoms with Crippen LogP contribution in [0.5, 0.6) is 0 Å². The van der Waals surface area contributed by atoms with E-state index in [4.69, 9.17) is 5.11 Å². The van der Waals surface area contributed by atoms with E-state index in [0.717, 1.165) is 24.0 Å². The summed E-state index contributed by atoms with van der Waals surface area (Å²) < 4.78 is 4.64. The Hall–Kier alpha value is -1.35. The Morgan fingerprint density at radius 3 is 2.67 bits per heavy atom. The van der Waals surface area contributed by atoms with Crippen LogP contribution in [0, 0.1) is 0 Å². The molecule has 0 aliphatic heterocycles. The highest BCUT2D eigenvalue weighted by Gasteiger charge is 2.08. The molecule has 0 unspecified atom stereocenters. The fourth-order valence-corrected chi connectivity index (χ4v) is 1.53. The van der Waals surface area contributed by atoms with Crippen LogP contribution in [0.4, 0.5) is 0 Å². The second kappa shape index (κ2) is 5.51. The van der Waals surface area contributed by atoms with Gasteiger partial charge in [-0.2, -0.15) is 0 Å². The molecule has 0 spiro atoms. The average Bonchev–Trinajstić information content (AvgIpc) is 2.28. The highest BCUT2D eigenvalue weighted by atomic mass is 16.5. The topological polar surface area (TPSA) is 46.5 Å². The Morgan fingerprint density at radius 2 is 2.13 bits per heavy atom. The number of hydrogen-bond acceptors (Lipinski definition) is 3. The first kappa shape index (κ1) is 11.7. The molecule has 0 heterocycles. The highest BCUT2D eigenvalue weighted by molar-refractivity contribution is 5.89. The number of methoxy groups -OCH3 is 1. The van der Waals surface area contributed by atoms with Gasteiger partial charge in [0.15, 0.2) is 0 Å². The normalized spacial score (nSPS) is 10.1. The summed E-state index contributed by atoms with van der Waals surface area (Å²) in [5.41, 5.74) is 2.44. The third-order valence-corrected chi connectivity index (χ3v) is 2.32. The second-order valence-corrected chi connectivity index (χ2v) is 3.38. The lowest BCUT2D eigenvalue weighted by Gasteiger charge is -2.08. The van der Waals surface area contributed by atoms with E-state index in [9.17, 15) is 4.79 Å². The van der Waals surface area contributed by atoms with Gasteiger partial charge in [-0.05, 0) is 29.7 Å². The standard InChI is InChI=1S/C12H16O3/c1-3-4-9-7-10(12(14)15-2)5-6-11(9)8-13/h5-7,13H,3-4,8H2,1-2H3. The Bertz CT molecular complexity index is 345. The second-order valence-electron chi connectivity index (χ2n) is 3.38. The van der Waals surface area contributed by atoms with Crippen molar-refractivity contribution in [3.8, 4) is 0 Å². The lowest BCUT2D eigenvalue weighted by Crippen LogP contribution is -2.04. The summed E-state index contributed by atoms with van der Waals surface area (Å²) in [6.07, 6.45) is 1.85. The van der Waals surface area contributed by atoms with E-state index >= 15 is 0 Å². The van der Waals surface area contributed by atoms with Crippen molar-refractivity contribution in [3.63, 3.8) is 0 Å². The lowest BCUT2D eigenvalue weighted by molar-refractivity contribution is 0.0600. The summed E-state index contributed by atoms with van der Waals surface area (Å²) in [7, 11) is 1.36. The summed E-state index contributed by atoms with van der Waals surface area (Å²) in [6.45, 7) is 2.07. The number of aliphatic hydroxyl groups excluding tert-OH is 1. The molecule has 3 nitrogen and oxygen atoms in total. The number of benzene rings is 1. The molecular weight excluding hydrogens is 192 g/mol. The Kier molecular flexibility index (Phi) is 4.31. The minimum absolute atomic E-state index is 0.0107. The van der Waals surface area contributed by atoms with Gasteiger partial charge < -0.3 is 9.84 Å². The predicted molar refractivity (Wildman–Crippen MR) is 57.7 cm³/mol. The number of aryl methyl sites for hydroxylation is 1. The number of rotatable bonds is 4. The van der Waals surface area contributed by atoms with E-state index in [-0.39, 0.29) is 12.6 Å². The Balaban J connectivity index is 3.04. The average molecular weight is 208 g/mol. The van der Waals surface area contributed by atoms with Crippen LogP contribution in [0.1, 0.15) is 34.8 Å². The number of hydrogen-bond donors (Lipinski definition) is 1. The maximum absolute atomic E-state index is 11.3. The summed E-state index contributed by atoms with van der Waals surface area (Å²) in [5.74, 6) is -0.336. The van der Waals surface area contributed by atoms with Crippen molar-refractivity contribution in [1.29, 1.82) is 0 Å². The zero-order valence-corrected chi connectivity index (χ0v) is 9.12. The van der Waals surface area contributed by atoms with Crippen molar-refractivity contribution in [1.82, 2.24) is 0 Å². The summed E-state index contributed by atoms with van der Waals surface area (Å²) >= 11 is 0. The quantitative estimate of drug-likeness (QED) is 0.769. The highest BCUT2D eigenvalue weighted by Crippen LogP contribution is 2.15. The van der Waals surface area contributed by atoms with Crippen LogP contribution in [0.3, 0.4) is 0 Å². The fourth-order valence-electron chi connectivity index (χ4n) is 1.53. The van der Waals surface area contributed by atoms with Crippen molar-refractivity contribution in [2.24, 2.45) is 0 Å². The molecule has 0 atom stereocenters. The molecular formula is C12H16O3. The molecule has 0 fully saturated rings. The molecule has 3 heteroatoms. The van der Waals surface area contributed by atoms with Crippen molar-refractivity contribution >= 4 is 5.97 Å². The molecule has 0 saturated carbocycles. The largest absolute Gasteiger partial charge is 0.465 e. The molecule has 0 aromatic heterocycles.